The van der Waals surface area contributed by atoms with E-state index < -0.39 is 21.6 Å². The Hall–Kier alpha value is -2.84. The number of benzene rings is 2. The quantitative estimate of drug-likeness (QED) is 0.456. The van der Waals surface area contributed by atoms with E-state index in [1.807, 2.05) is 45.0 Å². The molecule has 0 aliphatic heterocycles. The average Bonchev–Trinajstić information content (AvgIpc) is 3.18. The Balaban J connectivity index is 1.82. The number of aromatic amines is 1. The molecule has 8 heteroatoms. The summed E-state index contributed by atoms with van der Waals surface area (Å²) < 4.78 is 40.6. The molecule has 1 aromatic heterocycles. The van der Waals surface area contributed by atoms with Crippen molar-refractivity contribution in [2.45, 2.75) is 69.4 Å². The molecule has 182 valence electrons. The summed E-state index contributed by atoms with van der Waals surface area (Å²) >= 11 is 0. The molecule has 2 N–H and O–H groups in total. The van der Waals surface area contributed by atoms with Gasteiger partial charge in [-0.1, -0.05) is 37.5 Å². The number of aromatic nitrogens is 1. The van der Waals surface area contributed by atoms with Gasteiger partial charge < -0.3 is 14.5 Å². The van der Waals surface area contributed by atoms with Crippen LogP contribution in [0.2, 0.25) is 0 Å². The number of esters is 1. The highest BCUT2D eigenvalue weighted by molar-refractivity contribution is 7.89. The molecular weight excluding hydrogens is 452 g/mol. The van der Waals surface area contributed by atoms with Gasteiger partial charge in [0.25, 0.3) is 0 Å². The highest BCUT2D eigenvalue weighted by atomic mass is 32.2. The lowest BCUT2D eigenvalue weighted by atomic mass is 9.96. The second kappa shape index (κ2) is 9.43. The van der Waals surface area contributed by atoms with E-state index in [-0.39, 0.29) is 16.7 Å². The predicted molar refractivity (Wildman–Crippen MR) is 133 cm³/mol. The van der Waals surface area contributed by atoms with Crippen LogP contribution in [0.3, 0.4) is 0 Å². The standard InChI is InChI=1S/C26H32N2O5S/c1-26(2,3)33-25(29)23-19-12-8-9-13-20(19)27-24(23)17-14-15-21(32-4)22(16-17)34(30,31)28-18-10-6-5-7-11-18/h8-9,12-16,18,27-28H,5-7,10-11H2,1-4H3. The summed E-state index contributed by atoms with van der Waals surface area (Å²) in [5.74, 6) is -0.220. The zero-order valence-corrected chi connectivity index (χ0v) is 20.9. The average molecular weight is 485 g/mol. The van der Waals surface area contributed by atoms with Crippen molar-refractivity contribution in [2.24, 2.45) is 0 Å². The number of hydrogen-bond acceptors (Lipinski definition) is 5. The SMILES string of the molecule is COc1ccc(-c2[nH]c3ccccc3c2C(=O)OC(C)(C)C)cc1S(=O)(=O)NC1CCCCC1. The Labute approximate surface area is 200 Å². The van der Waals surface area contributed by atoms with Crippen LogP contribution < -0.4 is 9.46 Å². The molecule has 1 aliphatic carbocycles. The molecule has 0 spiro atoms. The second-order valence-electron chi connectivity index (χ2n) is 9.74. The topological polar surface area (TPSA) is 97.5 Å². The highest BCUT2D eigenvalue weighted by Crippen LogP contribution is 2.36. The smallest absolute Gasteiger partial charge is 0.341 e. The first-order valence-corrected chi connectivity index (χ1v) is 13.1. The third kappa shape index (κ3) is 5.13. The van der Waals surface area contributed by atoms with E-state index in [4.69, 9.17) is 9.47 Å². The maximum absolute atomic E-state index is 13.3. The first-order valence-electron chi connectivity index (χ1n) is 11.6. The number of ether oxygens (including phenoxy) is 2. The van der Waals surface area contributed by atoms with E-state index in [9.17, 15) is 13.2 Å². The molecule has 3 aromatic rings. The zero-order valence-electron chi connectivity index (χ0n) is 20.1. The second-order valence-corrected chi connectivity index (χ2v) is 11.4. The van der Waals surface area contributed by atoms with Crippen LogP contribution in [0.25, 0.3) is 22.2 Å². The minimum absolute atomic E-state index is 0.0480. The van der Waals surface area contributed by atoms with Crippen LogP contribution in [-0.4, -0.2) is 38.1 Å². The van der Waals surface area contributed by atoms with Crippen molar-refractivity contribution in [3.8, 4) is 17.0 Å². The minimum Gasteiger partial charge on any atom is -0.495 e. The van der Waals surface area contributed by atoms with Gasteiger partial charge in [-0.2, -0.15) is 0 Å². The van der Waals surface area contributed by atoms with E-state index in [0.29, 0.717) is 22.2 Å². The molecule has 0 unspecified atom stereocenters. The van der Waals surface area contributed by atoms with Crippen molar-refractivity contribution in [3.63, 3.8) is 0 Å². The van der Waals surface area contributed by atoms with Crippen LogP contribution in [0.5, 0.6) is 5.75 Å². The largest absolute Gasteiger partial charge is 0.495 e. The number of para-hydroxylation sites is 1. The lowest BCUT2D eigenvalue weighted by molar-refractivity contribution is 0.00728. The van der Waals surface area contributed by atoms with Crippen LogP contribution in [0, 0.1) is 0 Å². The zero-order chi connectivity index (χ0) is 24.5. The molecule has 1 aliphatic rings. The fraction of sp³-hybridized carbons (Fsp3) is 0.423. The monoisotopic (exact) mass is 484 g/mol. The Bertz CT molecular complexity index is 1300. The van der Waals surface area contributed by atoms with Gasteiger partial charge in [-0.25, -0.2) is 17.9 Å². The molecule has 0 radical (unpaired) electrons. The molecule has 0 saturated heterocycles. The molecule has 1 heterocycles. The van der Waals surface area contributed by atoms with Gasteiger partial charge in [-0.3, -0.25) is 0 Å². The van der Waals surface area contributed by atoms with Gasteiger partial charge in [0.05, 0.1) is 18.4 Å². The van der Waals surface area contributed by atoms with Crippen molar-refractivity contribution in [3.05, 3.63) is 48.0 Å². The number of sulfonamides is 1. The number of carbonyl (C=O) groups is 1. The van der Waals surface area contributed by atoms with Gasteiger partial charge in [-0.15, -0.1) is 0 Å². The number of fused-ring (bicyclic) bond motifs is 1. The summed E-state index contributed by atoms with van der Waals surface area (Å²) in [7, 11) is -2.38. The van der Waals surface area contributed by atoms with Gasteiger partial charge >= 0.3 is 5.97 Å². The van der Waals surface area contributed by atoms with Crippen LogP contribution in [0.4, 0.5) is 0 Å². The maximum atomic E-state index is 13.3. The molecule has 4 rings (SSSR count). The van der Waals surface area contributed by atoms with Crippen LogP contribution in [-0.2, 0) is 14.8 Å². The van der Waals surface area contributed by atoms with E-state index in [2.05, 4.69) is 9.71 Å². The number of H-pyrrole nitrogens is 1. The van der Waals surface area contributed by atoms with Crippen LogP contribution in [0.1, 0.15) is 63.2 Å². The molecule has 0 atom stereocenters. The fourth-order valence-electron chi connectivity index (χ4n) is 4.45. The molecule has 1 saturated carbocycles. The maximum Gasteiger partial charge on any atom is 0.341 e. The van der Waals surface area contributed by atoms with Crippen molar-refractivity contribution in [1.82, 2.24) is 9.71 Å². The molecule has 0 bridgehead atoms. The lowest BCUT2D eigenvalue weighted by Gasteiger charge is -2.23. The number of hydrogen-bond donors (Lipinski definition) is 2. The Morgan fingerprint density at radius 3 is 2.44 bits per heavy atom. The minimum atomic E-state index is -3.83. The molecule has 1 fully saturated rings. The summed E-state index contributed by atoms with van der Waals surface area (Å²) in [6.07, 6.45) is 4.81. The highest BCUT2D eigenvalue weighted by Gasteiger charge is 2.28. The Kier molecular flexibility index (Phi) is 6.73. The summed E-state index contributed by atoms with van der Waals surface area (Å²) in [6.45, 7) is 5.44. The van der Waals surface area contributed by atoms with E-state index in [1.165, 1.54) is 7.11 Å². The normalized spacial score (nSPS) is 15.4. The van der Waals surface area contributed by atoms with E-state index in [1.54, 1.807) is 18.2 Å². The predicted octanol–water partition coefficient (Wildman–Crippen LogP) is 5.41. The molecule has 7 nitrogen and oxygen atoms in total. The third-order valence-electron chi connectivity index (χ3n) is 5.98. The molecule has 2 aromatic carbocycles. The third-order valence-corrected chi connectivity index (χ3v) is 7.52. The first kappa shape index (κ1) is 24.3. The molecular formula is C26H32N2O5S. The van der Waals surface area contributed by atoms with Crippen molar-refractivity contribution in [1.29, 1.82) is 0 Å². The van der Waals surface area contributed by atoms with E-state index >= 15 is 0 Å². The number of nitrogens with one attached hydrogen (secondary N) is 2. The van der Waals surface area contributed by atoms with Gasteiger partial charge in [0, 0.05) is 22.5 Å². The first-order chi connectivity index (χ1) is 16.1. The Morgan fingerprint density at radius 1 is 1.06 bits per heavy atom. The molecule has 34 heavy (non-hydrogen) atoms. The number of carbonyl (C=O) groups excluding carboxylic acids is 1. The lowest BCUT2D eigenvalue weighted by Crippen LogP contribution is -2.36. The summed E-state index contributed by atoms with van der Waals surface area (Å²) in [6, 6.07) is 12.3. The van der Waals surface area contributed by atoms with Gasteiger partial charge in [0.15, 0.2) is 0 Å². The van der Waals surface area contributed by atoms with Crippen molar-refractivity contribution < 1.29 is 22.7 Å². The fourth-order valence-corrected chi connectivity index (χ4v) is 5.95. The van der Waals surface area contributed by atoms with Crippen LogP contribution >= 0.6 is 0 Å². The van der Waals surface area contributed by atoms with Gasteiger partial charge in [-0.05, 0) is 57.9 Å². The van der Waals surface area contributed by atoms with E-state index in [0.717, 1.165) is 37.6 Å². The van der Waals surface area contributed by atoms with Gasteiger partial charge in [0.1, 0.15) is 16.2 Å². The molecule has 0 amide bonds. The summed E-state index contributed by atoms with van der Waals surface area (Å²) in [5, 5.41) is 0.715. The van der Waals surface area contributed by atoms with Crippen molar-refractivity contribution in [2.75, 3.05) is 7.11 Å². The van der Waals surface area contributed by atoms with Crippen LogP contribution in [0.15, 0.2) is 47.4 Å². The van der Waals surface area contributed by atoms with Crippen molar-refractivity contribution >= 4 is 26.9 Å². The number of rotatable bonds is 6. The Morgan fingerprint density at radius 2 is 1.76 bits per heavy atom. The number of methoxy groups -OCH3 is 1. The van der Waals surface area contributed by atoms with Gasteiger partial charge in [0.2, 0.25) is 10.0 Å². The summed E-state index contributed by atoms with van der Waals surface area (Å²) in [4.78, 5) is 16.5. The summed E-state index contributed by atoms with van der Waals surface area (Å²) in [5.41, 5.74) is 1.53.